The van der Waals surface area contributed by atoms with Crippen LogP contribution < -0.4 is 9.47 Å². The van der Waals surface area contributed by atoms with E-state index in [0.29, 0.717) is 29.0 Å². The molecule has 0 spiro atoms. The number of aromatic hydroxyl groups is 4. The van der Waals surface area contributed by atoms with Crippen LogP contribution in [0.3, 0.4) is 0 Å². The summed E-state index contributed by atoms with van der Waals surface area (Å²) in [5.41, 5.74) is -0.583. The SMILES string of the molecule is COc1cc(O)cc(O)c1C1C(OC)C2(c3c(O)cc(O)cc3OC)CC12OC. The van der Waals surface area contributed by atoms with Gasteiger partial charge in [-0.15, -0.1) is 0 Å². The van der Waals surface area contributed by atoms with Crippen LogP contribution in [-0.4, -0.2) is 60.6 Å². The zero-order chi connectivity index (χ0) is 21.1. The van der Waals surface area contributed by atoms with Gasteiger partial charge < -0.3 is 39.4 Å². The summed E-state index contributed by atoms with van der Waals surface area (Å²) in [5.74, 6) is -0.285. The number of phenols is 4. The maximum atomic E-state index is 10.6. The molecule has 29 heavy (non-hydrogen) atoms. The molecular formula is C21H24O8. The van der Waals surface area contributed by atoms with E-state index >= 15 is 0 Å². The van der Waals surface area contributed by atoms with Crippen LogP contribution in [0.4, 0.5) is 0 Å². The van der Waals surface area contributed by atoms with Gasteiger partial charge in [0.25, 0.3) is 0 Å². The molecule has 4 unspecified atom stereocenters. The summed E-state index contributed by atoms with van der Waals surface area (Å²) in [6.07, 6.45) is 0.00817. The van der Waals surface area contributed by atoms with Gasteiger partial charge >= 0.3 is 0 Å². The molecule has 0 radical (unpaired) electrons. The summed E-state index contributed by atoms with van der Waals surface area (Å²) in [6, 6.07) is 5.35. The molecule has 4 atom stereocenters. The molecule has 2 aromatic rings. The van der Waals surface area contributed by atoms with E-state index in [9.17, 15) is 20.4 Å². The Kier molecular flexibility index (Phi) is 4.25. The molecular weight excluding hydrogens is 380 g/mol. The van der Waals surface area contributed by atoms with Crippen molar-refractivity contribution in [2.45, 2.75) is 29.5 Å². The third-order valence-electron chi connectivity index (χ3n) is 6.45. The van der Waals surface area contributed by atoms with Crippen molar-refractivity contribution in [2.24, 2.45) is 0 Å². The lowest BCUT2D eigenvalue weighted by Crippen LogP contribution is -2.57. The highest BCUT2D eigenvalue weighted by molar-refractivity contribution is 5.68. The van der Waals surface area contributed by atoms with E-state index in [-0.39, 0.29) is 23.0 Å². The summed E-state index contributed by atoms with van der Waals surface area (Å²) in [5, 5.41) is 40.9. The van der Waals surface area contributed by atoms with Crippen molar-refractivity contribution in [3.63, 3.8) is 0 Å². The second kappa shape index (κ2) is 6.33. The summed E-state index contributed by atoms with van der Waals surface area (Å²) >= 11 is 0. The van der Waals surface area contributed by atoms with E-state index in [1.54, 1.807) is 14.2 Å². The lowest BCUT2D eigenvalue weighted by molar-refractivity contribution is -0.120. The maximum Gasteiger partial charge on any atom is 0.130 e. The van der Waals surface area contributed by atoms with Gasteiger partial charge in [-0.3, -0.25) is 0 Å². The molecule has 2 aromatic carbocycles. The van der Waals surface area contributed by atoms with Crippen LogP contribution in [0.25, 0.3) is 0 Å². The molecule has 2 aliphatic carbocycles. The highest BCUT2D eigenvalue weighted by Crippen LogP contribution is 2.82. The first-order valence-corrected chi connectivity index (χ1v) is 9.09. The van der Waals surface area contributed by atoms with Crippen LogP contribution in [0.1, 0.15) is 23.5 Å². The van der Waals surface area contributed by atoms with Crippen LogP contribution in [-0.2, 0) is 14.9 Å². The smallest absolute Gasteiger partial charge is 0.130 e. The monoisotopic (exact) mass is 404 g/mol. The molecule has 0 heterocycles. The van der Waals surface area contributed by atoms with E-state index in [0.717, 1.165) is 0 Å². The first kappa shape index (κ1) is 19.5. The van der Waals surface area contributed by atoms with Gasteiger partial charge in [0.2, 0.25) is 0 Å². The molecule has 4 rings (SSSR count). The second-order valence-corrected chi connectivity index (χ2v) is 7.50. The average Bonchev–Trinajstić information content (AvgIpc) is 3.25. The number of methoxy groups -OCH3 is 4. The van der Waals surface area contributed by atoms with Crippen LogP contribution >= 0.6 is 0 Å². The highest BCUT2D eigenvalue weighted by atomic mass is 16.5. The number of hydrogen-bond donors (Lipinski definition) is 4. The molecule has 2 saturated carbocycles. The number of phenolic OH excluding ortho intramolecular Hbond substituents is 4. The standard InChI is InChI=1S/C21H24O8/c1-26-14-7-10(22)5-12(24)16(14)18-19(28-3)20(9-21(18,20)29-4)17-13(25)6-11(23)8-15(17)27-2/h5-8,18-19,22-25H,9H2,1-4H3. The van der Waals surface area contributed by atoms with Gasteiger partial charge in [0, 0.05) is 55.5 Å². The van der Waals surface area contributed by atoms with Gasteiger partial charge in [-0.05, 0) is 6.42 Å². The maximum absolute atomic E-state index is 10.6. The van der Waals surface area contributed by atoms with E-state index in [4.69, 9.17) is 18.9 Å². The topological polar surface area (TPSA) is 118 Å². The van der Waals surface area contributed by atoms with Crippen LogP contribution in [0.5, 0.6) is 34.5 Å². The van der Waals surface area contributed by atoms with Crippen molar-refractivity contribution in [3.8, 4) is 34.5 Å². The number of ether oxygens (including phenoxy) is 4. The minimum absolute atomic E-state index is 0.120. The predicted molar refractivity (Wildman–Crippen MR) is 102 cm³/mol. The zero-order valence-electron chi connectivity index (χ0n) is 16.6. The van der Waals surface area contributed by atoms with Gasteiger partial charge in [-0.25, -0.2) is 0 Å². The van der Waals surface area contributed by atoms with Crippen LogP contribution in [0.15, 0.2) is 24.3 Å². The largest absolute Gasteiger partial charge is 0.508 e. The Morgan fingerprint density at radius 2 is 1.41 bits per heavy atom. The third-order valence-corrected chi connectivity index (χ3v) is 6.45. The third kappa shape index (κ3) is 2.27. The highest BCUT2D eigenvalue weighted by Gasteiger charge is 2.88. The average molecular weight is 404 g/mol. The van der Waals surface area contributed by atoms with Crippen LogP contribution in [0, 0.1) is 0 Å². The van der Waals surface area contributed by atoms with Gasteiger partial charge in [0.05, 0.1) is 31.3 Å². The quantitative estimate of drug-likeness (QED) is 0.580. The first-order valence-electron chi connectivity index (χ1n) is 9.09. The van der Waals surface area contributed by atoms with E-state index in [1.165, 1.54) is 38.5 Å². The Labute approximate surface area is 167 Å². The van der Waals surface area contributed by atoms with E-state index in [1.807, 2.05) is 0 Å². The molecule has 156 valence electrons. The number of rotatable bonds is 6. The lowest BCUT2D eigenvalue weighted by atomic mass is 9.62. The zero-order valence-corrected chi connectivity index (χ0v) is 16.6. The minimum atomic E-state index is -0.795. The molecule has 0 saturated heterocycles. The molecule has 0 amide bonds. The van der Waals surface area contributed by atoms with Gasteiger partial charge in [0.15, 0.2) is 0 Å². The number of benzene rings is 2. The van der Waals surface area contributed by atoms with E-state index in [2.05, 4.69) is 0 Å². The Bertz CT molecular complexity index is 974. The van der Waals surface area contributed by atoms with Gasteiger partial charge in [0.1, 0.15) is 34.5 Å². The predicted octanol–water partition coefficient (Wildman–Crippen LogP) is 2.37. The van der Waals surface area contributed by atoms with Gasteiger partial charge in [-0.1, -0.05) is 0 Å². The molecule has 8 nitrogen and oxygen atoms in total. The van der Waals surface area contributed by atoms with Crippen molar-refractivity contribution >= 4 is 0 Å². The molecule has 0 aliphatic heterocycles. The van der Waals surface area contributed by atoms with Crippen molar-refractivity contribution < 1.29 is 39.4 Å². The molecule has 2 fully saturated rings. The van der Waals surface area contributed by atoms with Crippen molar-refractivity contribution in [1.29, 1.82) is 0 Å². The Balaban J connectivity index is 1.89. The van der Waals surface area contributed by atoms with Crippen LogP contribution in [0.2, 0.25) is 0 Å². The molecule has 2 aliphatic rings. The summed E-state index contributed by atoms with van der Waals surface area (Å²) in [4.78, 5) is 0. The number of fused-ring (bicyclic) bond motifs is 1. The van der Waals surface area contributed by atoms with Gasteiger partial charge in [-0.2, -0.15) is 0 Å². The van der Waals surface area contributed by atoms with Crippen molar-refractivity contribution in [1.82, 2.24) is 0 Å². The molecule has 0 bridgehead atoms. The van der Waals surface area contributed by atoms with E-state index < -0.39 is 23.0 Å². The molecule has 8 heteroatoms. The summed E-state index contributed by atoms with van der Waals surface area (Å²) in [6.45, 7) is 0. The fourth-order valence-electron chi connectivity index (χ4n) is 5.35. The van der Waals surface area contributed by atoms with Crippen molar-refractivity contribution in [3.05, 3.63) is 35.4 Å². The molecule has 4 N–H and O–H groups in total. The first-order chi connectivity index (χ1) is 13.8. The fourth-order valence-corrected chi connectivity index (χ4v) is 5.35. The summed E-state index contributed by atoms with van der Waals surface area (Å²) in [7, 11) is 6.02. The minimum Gasteiger partial charge on any atom is -0.508 e. The lowest BCUT2D eigenvalue weighted by Gasteiger charge is -2.50. The Morgan fingerprint density at radius 1 is 0.828 bits per heavy atom. The fraction of sp³-hybridized carbons (Fsp3) is 0.429. The normalized spacial score (nSPS) is 29.7. The summed E-state index contributed by atoms with van der Waals surface area (Å²) < 4.78 is 22.6. The van der Waals surface area contributed by atoms with Crippen molar-refractivity contribution in [2.75, 3.05) is 28.4 Å². The Morgan fingerprint density at radius 3 is 1.97 bits per heavy atom. The number of hydrogen-bond acceptors (Lipinski definition) is 8. The molecule has 0 aromatic heterocycles. The Hall–Kier alpha value is -2.84. The second-order valence-electron chi connectivity index (χ2n) is 7.50.